The zero-order valence-corrected chi connectivity index (χ0v) is 15.7. The van der Waals surface area contributed by atoms with Crippen LogP contribution in [0.3, 0.4) is 0 Å². The number of amides is 1. The summed E-state index contributed by atoms with van der Waals surface area (Å²) >= 11 is 1.48. The van der Waals surface area contributed by atoms with Crippen molar-refractivity contribution in [1.29, 1.82) is 0 Å². The van der Waals surface area contributed by atoms with Crippen molar-refractivity contribution < 1.29 is 4.79 Å². The molecule has 0 unspecified atom stereocenters. The van der Waals surface area contributed by atoms with Gasteiger partial charge in [0.2, 0.25) is 0 Å². The number of carbonyl (C=O) groups is 1. The van der Waals surface area contributed by atoms with Crippen LogP contribution in [0.25, 0.3) is 11.1 Å². The molecule has 1 N–H and O–H groups in total. The normalized spacial score (nSPS) is 13.8. The maximum atomic E-state index is 12.8. The van der Waals surface area contributed by atoms with Crippen molar-refractivity contribution in [2.24, 2.45) is 0 Å². The van der Waals surface area contributed by atoms with Crippen LogP contribution >= 0.6 is 11.3 Å². The monoisotopic (exact) mass is 362 g/mol. The highest BCUT2D eigenvalue weighted by molar-refractivity contribution is 7.12. The summed E-state index contributed by atoms with van der Waals surface area (Å²) in [5.74, 6) is -0.0489. The molecule has 26 heavy (non-hydrogen) atoms. The van der Waals surface area contributed by atoms with Gasteiger partial charge in [0.25, 0.3) is 5.91 Å². The Hall–Kier alpha value is -2.59. The second kappa shape index (κ2) is 7.34. The van der Waals surface area contributed by atoms with Gasteiger partial charge in [-0.15, -0.1) is 11.3 Å². The molecule has 132 valence electrons. The van der Waals surface area contributed by atoms with Crippen LogP contribution < -0.4 is 10.2 Å². The van der Waals surface area contributed by atoms with Crippen LogP contribution in [0.4, 0.5) is 11.4 Å². The summed E-state index contributed by atoms with van der Waals surface area (Å²) in [6.45, 7) is 4.37. The number of hydrogen-bond acceptors (Lipinski definition) is 3. The van der Waals surface area contributed by atoms with Crippen LogP contribution in [0.15, 0.2) is 60.0 Å². The fourth-order valence-corrected chi connectivity index (χ4v) is 4.38. The fourth-order valence-electron chi connectivity index (χ4n) is 3.56. The highest BCUT2D eigenvalue weighted by Gasteiger charge is 2.17. The molecule has 0 radical (unpaired) electrons. The van der Waals surface area contributed by atoms with Gasteiger partial charge in [0.1, 0.15) is 0 Å². The molecule has 1 fully saturated rings. The van der Waals surface area contributed by atoms with Gasteiger partial charge >= 0.3 is 0 Å². The van der Waals surface area contributed by atoms with Crippen molar-refractivity contribution in [2.45, 2.75) is 19.8 Å². The minimum Gasteiger partial charge on any atom is -0.371 e. The van der Waals surface area contributed by atoms with Crippen LogP contribution in [0.5, 0.6) is 0 Å². The lowest BCUT2D eigenvalue weighted by molar-refractivity contribution is 0.103. The summed E-state index contributed by atoms with van der Waals surface area (Å²) in [6, 6.07) is 18.3. The Morgan fingerprint density at radius 2 is 1.81 bits per heavy atom. The number of aryl methyl sites for hydroxylation is 1. The largest absolute Gasteiger partial charge is 0.371 e. The van der Waals surface area contributed by atoms with E-state index < -0.39 is 0 Å². The molecule has 1 amide bonds. The Morgan fingerprint density at radius 1 is 1.04 bits per heavy atom. The molecule has 2 heterocycles. The van der Waals surface area contributed by atoms with E-state index in [-0.39, 0.29) is 5.91 Å². The van der Waals surface area contributed by atoms with Gasteiger partial charge in [0, 0.05) is 30.0 Å². The number of nitrogens with one attached hydrogen (secondary N) is 1. The number of nitrogens with zero attached hydrogens (tertiary/aromatic N) is 1. The van der Waals surface area contributed by atoms with Gasteiger partial charge in [-0.3, -0.25) is 4.79 Å². The summed E-state index contributed by atoms with van der Waals surface area (Å²) in [5, 5.41) is 5.04. The lowest BCUT2D eigenvalue weighted by atomic mass is 10.1. The minimum atomic E-state index is -0.0489. The molecule has 1 aliphatic rings. The Bertz CT molecular complexity index is 911. The predicted molar refractivity (Wildman–Crippen MR) is 110 cm³/mol. The van der Waals surface area contributed by atoms with Gasteiger partial charge in [-0.25, -0.2) is 0 Å². The molecule has 3 nitrogen and oxygen atoms in total. The zero-order valence-electron chi connectivity index (χ0n) is 14.9. The molecule has 1 aliphatic heterocycles. The molecule has 0 aliphatic carbocycles. The summed E-state index contributed by atoms with van der Waals surface area (Å²) < 4.78 is 0. The number of benzene rings is 2. The molecule has 3 aromatic rings. The molecule has 1 aromatic heterocycles. The maximum absolute atomic E-state index is 12.8. The van der Waals surface area contributed by atoms with E-state index in [1.54, 1.807) is 0 Å². The lowest BCUT2D eigenvalue weighted by Crippen LogP contribution is -2.19. The second-order valence-corrected chi connectivity index (χ2v) is 7.60. The first-order valence-corrected chi connectivity index (χ1v) is 9.90. The molecular weight excluding hydrogens is 340 g/mol. The average Bonchev–Trinajstić information content (AvgIpc) is 3.34. The van der Waals surface area contributed by atoms with Crippen LogP contribution in [-0.2, 0) is 0 Å². The number of hydrogen-bond donors (Lipinski definition) is 1. The minimum absolute atomic E-state index is 0.0489. The first-order valence-electron chi connectivity index (χ1n) is 9.02. The fraction of sp³-hybridized carbons (Fsp3) is 0.227. The Balaban J connectivity index is 1.54. The van der Waals surface area contributed by atoms with Gasteiger partial charge in [-0.05, 0) is 60.5 Å². The van der Waals surface area contributed by atoms with Gasteiger partial charge in [-0.1, -0.05) is 30.3 Å². The predicted octanol–water partition coefficient (Wildman–Crippen LogP) is 5.58. The highest BCUT2D eigenvalue weighted by atomic mass is 32.1. The SMILES string of the molecule is Cc1cc(NC(=O)c2sccc2-c2ccccc2)ccc1N1CCCC1. The maximum Gasteiger partial charge on any atom is 0.266 e. The Morgan fingerprint density at radius 3 is 2.54 bits per heavy atom. The van der Waals surface area contributed by atoms with Crippen LogP contribution in [0, 0.1) is 6.92 Å². The zero-order chi connectivity index (χ0) is 17.9. The molecule has 0 spiro atoms. The van der Waals surface area contributed by atoms with Crippen LogP contribution in [0.2, 0.25) is 0 Å². The van der Waals surface area contributed by atoms with Crippen LogP contribution in [0.1, 0.15) is 28.1 Å². The third kappa shape index (κ3) is 3.37. The molecule has 1 saturated heterocycles. The van der Waals surface area contributed by atoms with Crippen LogP contribution in [-0.4, -0.2) is 19.0 Å². The van der Waals surface area contributed by atoms with E-state index in [1.807, 2.05) is 47.8 Å². The smallest absolute Gasteiger partial charge is 0.266 e. The first-order chi connectivity index (χ1) is 12.7. The van der Waals surface area contributed by atoms with E-state index in [4.69, 9.17) is 0 Å². The second-order valence-electron chi connectivity index (χ2n) is 6.68. The van der Waals surface area contributed by atoms with Gasteiger partial charge in [0.05, 0.1) is 4.88 Å². The van der Waals surface area contributed by atoms with E-state index in [0.29, 0.717) is 0 Å². The number of thiophene rings is 1. The van der Waals surface area contributed by atoms with E-state index in [2.05, 4.69) is 29.3 Å². The van der Waals surface area contributed by atoms with Crippen molar-refractivity contribution in [3.05, 3.63) is 70.4 Å². The summed E-state index contributed by atoms with van der Waals surface area (Å²) in [7, 11) is 0. The van der Waals surface area contributed by atoms with E-state index in [0.717, 1.165) is 34.8 Å². The molecule has 0 atom stereocenters. The Labute approximate surface area is 158 Å². The van der Waals surface area contributed by atoms with E-state index >= 15 is 0 Å². The van der Waals surface area contributed by atoms with Crippen molar-refractivity contribution >= 4 is 28.6 Å². The average molecular weight is 362 g/mol. The van der Waals surface area contributed by atoms with Crippen molar-refractivity contribution in [1.82, 2.24) is 0 Å². The number of rotatable bonds is 4. The summed E-state index contributed by atoms with van der Waals surface area (Å²) in [5.41, 5.74) is 5.39. The quantitative estimate of drug-likeness (QED) is 0.657. The molecule has 2 aromatic carbocycles. The van der Waals surface area contributed by atoms with Gasteiger partial charge in [-0.2, -0.15) is 0 Å². The Kier molecular flexibility index (Phi) is 4.76. The standard InChI is InChI=1S/C22H22N2OS/c1-16-15-18(9-10-20(16)24-12-5-6-13-24)23-22(25)21-19(11-14-26-21)17-7-3-2-4-8-17/h2-4,7-11,14-15H,5-6,12-13H2,1H3,(H,23,25). The molecular formula is C22H22N2OS. The van der Waals surface area contributed by atoms with Gasteiger partial charge < -0.3 is 10.2 Å². The first kappa shape index (κ1) is 16.9. The summed E-state index contributed by atoms with van der Waals surface area (Å²) in [6.07, 6.45) is 2.52. The summed E-state index contributed by atoms with van der Waals surface area (Å²) in [4.78, 5) is 16.0. The van der Waals surface area contributed by atoms with E-state index in [1.165, 1.54) is 35.4 Å². The molecule has 4 heteroatoms. The van der Waals surface area contributed by atoms with E-state index in [9.17, 15) is 4.79 Å². The third-order valence-corrected chi connectivity index (χ3v) is 5.77. The van der Waals surface area contributed by atoms with Crippen molar-refractivity contribution in [2.75, 3.05) is 23.3 Å². The third-order valence-electron chi connectivity index (χ3n) is 4.86. The molecule has 0 saturated carbocycles. The van der Waals surface area contributed by atoms with Crippen molar-refractivity contribution in [3.63, 3.8) is 0 Å². The topological polar surface area (TPSA) is 32.3 Å². The number of anilines is 2. The highest BCUT2D eigenvalue weighted by Crippen LogP contribution is 2.30. The number of carbonyl (C=O) groups excluding carboxylic acids is 1. The lowest BCUT2D eigenvalue weighted by Gasteiger charge is -2.20. The molecule has 4 rings (SSSR count). The molecule has 0 bridgehead atoms. The van der Waals surface area contributed by atoms with Gasteiger partial charge in [0.15, 0.2) is 0 Å². The van der Waals surface area contributed by atoms with Crippen molar-refractivity contribution in [3.8, 4) is 11.1 Å².